The van der Waals surface area contributed by atoms with E-state index in [1.54, 1.807) is 0 Å². The largest absolute Gasteiger partial charge is 0.378 e. The second-order valence-electron chi connectivity index (χ2n) is 3.56. The molecular weight excluding hydrogens is 170 g/mol. The Hall–Kier alpha value is -0.720. The summed E-state index contributed by atoms with van der Waals surface area (Å²) in [6.07, 6.45) is 13.8. The predicted octanol–water partition coefficient (Wildman–Crippen LogP) is 3.98. The molecule has 0 saturated carbocycles. The van der Waals surface area contributed by atoms with Gasteiger partial charge in [0.25, 0.3) is 0 Å². The van der Waals surface area contributed by atoms with Crippen LogP contribution in [0.3, 0.4) is 0 Å². The first-order chi connectivity index (χ1) is 6.85. The van der Waals surface area contributed by atoms with Gasteiger partial charge in [0.15, 0.2) is 0 Å². The zero-order valence-electron chi connectivity index (χ0n) is 10.00. The molecule has 1 fully saturated rings. The molecule has 1 rings (SSSR count). The molecule has 0 N–H and O–H groups in total. The van der Waals surface area contributed by atoms with E-state index in [0.717, 1.165) is 6.42 Å². The van der Waals surface area contributed by atoms with E-state index in [1.165, 1.54) is 32.4 Å². The Morgan fingerprint density at radius 3 is 2.00 bits per heavy atom. The van der Waals surface area contributed by atoms with Gasteiger partial charge in [-0.15, -0.1) is 0 Å². The third-order valence-electron chi connectivity index (χ3n) is 2.28. The summed E-state index contributed by atoms with van der Waals surface area (Å²) in [5.74, 6) is 0. The summed E-state index contributed by atoms with van der Waals surface area (Å²) in [5, 5.41) is 0. The SMILES string of the molecule is CC=CC.CCC=CN1CCCCC1. The van der Waals surface area contributed by atoms with Crippen LogP contribution in [0.15, 0.2) is 24.4 Å². The topological polar surface area (TPSA) is 3.24 Å². The van der Waals surface area contributed by atoms with Crippen molar-refractivity contribution in [2.45, 2.75) is 46.5 Å². The summed E-state index contributed by atoms with van der Waals surface area (Å²) >= 11 is 0. The summed E-state index contributed by atoms with van der Waals surface area (Å²) in [5.41, 5.74) is 0. The van der Waals surface area contributed by atoms with Gasteiger partial charge in [0.05, 0.1) is 0 Å². The lowest BCUT2D eigenvalue weighted by Crippen LogP contribution is -2.23. The fourth-order valence-corrected chi connectivity index (χ4v) is 1.32. The monoisotopic (exact) mass is 195 g/mol. The first-order valence-corrected chi connectivity index (χ1v) is 5.83. The van der Waals surface area contributed by atoms with Crippen molar-refractivity contribution in [1.29, 1.82) is 0 Å². The van der Waals surface area contributed by atoms with Gasteiger partial charge >= 0.3 is 0 Å². The summed E-state index contributed by atoms with van der Waals surface area (Å²) in [6.45, 7) is 8.73. The van der Waals surface area contributed by atoms with Crippen molar-refractivity contribution < 1.29 is 0 Å². The molecule has 0 aliphatic carbocycles. The third kappa shape index (κ3) is 7.90. The van der Waals surface area contributed by atoms with Crippen molar-refractivity contribution in [3.05, 3.63) is 24.4 Å². The highest BCUT2D eigenvalue weighted by Crippen LogP contribution is 2.08. The molecule has 0 amide bonds. The van der Waals surface area contributed by atoms with Crippen LogP contribution in [0.2, 0.25) is 0 Å². The molecule has 0 aromatic rings. The van der Waals surface area contributed by atoms with E-state index < -0.39 is 0 Å². The van der Waals surface area contributed by atoms with Crippen molar-refractivity contribution in [2.24, 2.45) is 0 Å². The highest BCUT2D eigenvalue weighted by atomic mass is 15.1. The fraction of sp³-hybridized carbons (Fsp3) is 0.692. The van der Waals surface area contributed by atoms with Crippen LogP contribution in [0.4, 0.5) is 0 Å². The van der Waals surface area contributed by atoms with Crippen LogP contribution in [-0.4, -0.2) is 18.0 Å². The highest BCUT2D eigenvalue weighted by molar-refractivity contribution is 4.82. The maximum absolute atomic E-state index is 2.42. The van der Waals surface area contributed by atoms with Crippen molar-refractivity contribution in [3.63, 3.8) is 0 Å². The molecule has 0 atom stereocenters. The first-order valence-electron chi connectivity index (χ1n) is 5.83. The zero-order chi connectivity index (χ0) is 10.6. The van der Waals surface area contributed by atoms with E-state index in [1.807, 2.05) is 26.0 Å². The van der Waals surface area contributed by atoms with Gasteiger partial charge in [0.1, 0.15) is 0 Å². The molecule has 0 unspecified atom stereocenters. The third-order valence-corrected chi connectivity index (χ3v) is 2.28. The molecule has 14 heavy (non-hydrogen) atoms. The lowest BCUT2D eigenvalue weighted by Gasteiger charge is -2.24. The van der Waals surface area contributed by atoms with Crippen LogP contribution in [0.1, 0.15) is 46.5 Å². The molecule has 0 radical (unpaired) electrons. The quantitative estimate of drug-likeness (QED) is 0.602. The number of allylic oxidation sites excluding steroid dienone is 3. The molecule has 0 aromatic heterocycles. The van der Waals surface area contributed by atoms with E-state index in [2.05, 4.69) is 24.1 Å². The highest BCUT2D eigenvalue weighted by Gasteiger charge is 2.03. The molecule has 0 spiro atoms. The Morgan fingerprint density at radius 2 is 1.57 bits per heavy atom. The van der Waals surface area contributed by atoms with Crippen molar-refractivity contribution in [1.82, 2.24) is 4.90 Å². The van der Waals surface area contributed by atoms with Crippen LogP contribution in [-0.2, 0) is 0 Å². The van der Waals surface area contributed by atoms with E-state index >= 15 is 0 Å². The van der Waals surface area contributed by atoms with Crippen LogP contribution < -0.4 is 0 Å². The molecule has 1 heterocycles. The molecular formula is C13H25N. The van der Waals surface area contributed by atoms with Gasteiger partial charge in [0, 0.05) is 13.1 Å². The summed E-state index contributed by atoms with van der Waals surface area (Å²) in [4.78, 5) is 2.42. The van der Waals surface area contributed by atoms with E-state index in [-0.39, 0.29) is 0 Å². The molecule has 1 aliphatic heterocycles. The Kier molecular flexibility index (Phi) is 9.83. The van der Waals surface area contributed by atoms with Gasteiger partial charge in [-0.25, -0.2) is 0 Å². The van der Waals surface area contributed by atoms with Gasteiger partial charge in [-0.1, -0.05) is 25.2 Å². The minimum absolute atomic E-state index is 1.16. The Morgan fingerprint density at radius 1 is 1.00 bits per heavy atom. The lowest BCUT2D eigenvalue weighted by atomic mass is 10.1. The maximum Gasteiger partial charge on any atom is 0.0172 e. The second-order valence-corrected chi connectivity index (χ2v) is 3.56. The maximum atomic E-state index is 2.42. The number of piperidine rings is 1. The van der Waals surface area contributed by atoms with Crippen molar-refractivity contribution >= 4 is 0 Å². The Bertz CT molecular complexity index is 149. The standard InChI is InChI=1S/C9H17N.C4H8/c1-2-3-7-10-8-5-4-6-9-10;1-3-4-2/h3,7H,2,4-6,8-9H2,1H3;3-4H,1-2H3. The Labute approximate surface area is 89.5 Å². The molecule has 0 aromatic carbocycles. The zero-order valence-corrected chi connectivity index (χ0v) is 10.00. The van der Waals surface area contributed by atoms with E-state index in [0.29, 0.717) is 0 Å². The normalized spacial score (nSPS) is 17.2. The van der Waals surface area contributed by atoms with Gasteiger partial charge in [-0.2, -0.15) is 0 Å². The minimum atomic E-state index is 1.16. The second kappa shape index (κ2) is 10.4. The molecule has 1 saturated heterocycles. The van der Waals surface area contributed by atoms with Crippen LogP contribution in [0, 0.1) is 0 Å². The molecule has 1 aliphatic rings. The van der Waals surface area contributed by atoms with Crippen molar-refractivity contribution in [2.75, 3.05) is 13.1 Å². The Balaban J connectivity index is 0.000000364. The van der Waals surface area contributed by atoms with Crippen LogP contribution >= 0.6 is 0 Å². The molecule has 1 nitrogen and oxygen atoms in total. The predicted molar refractivity (Wildman–Crippen MR) is 65.3 cm³/mol. The molecule has 0 bridgehead atoms. The van der Waals surface area contributed by atoms with E-state index in [9.17, 15) is 0 Å². The average Bonchev–Trinajstić information content (AvgIpc) is 2.28. The summed E-state index contributed by atoms with van der Waals surface area (Å²) in [6, 6.07) is 0. The average molecular weight is 195 g/mol. The van der Waals surface area contributed by atoms with Gasteiger partial charge in [0.2, 0.25) is 0 Å². The van der Waals surface area contributed by atoms with Crippen LogP contribution in [0.5, 0.6) is 0 Å². The molecule has 82 valence electrons. The first kappa shape index (κ1) is 13.3. The summed E-state index contributed by atoms with van der Waals surface area (Å²) in [7, 11) is 0. The van der Waals surface area contributed by atoms with Crippen molar-refractivity contribution in [3.8, 4) is 0 Å². The number of hydrogen-bond acceptors (Lipinski definition) is 1. The smallest absolute Gasteiger partial charge is 0.0172 e. The van der Waals surface area contributed by atoms with Gasteiger partial charge in [-0.05, 0) is 45.7 Å². The summed E-state index contributed by atoms with van der Waals surface area (Å²) < 4.78 is 0. The fourth-order valence-electron chi connectivity index (χ4n) is 1.32. The number of likely N-dealkylation sites (tertiary alicyclic amines) is 1. The number of hydrogen-bond donors (Lipinski definition) is 0. The van der Waals surface area contributed by atoms with Crippen LogP contribution in [0.25, 0.3) is 0 Å². The molecule has 1 heteroatoms. The van der Waals surface area contributed by atoms with Gasteiger partial charge in [-0.3, -0.25) is 0 Å². The van der Waals surface area contributed by atoms with Gasteiger partial charge < -0.3 is 4.90 Å². The number of nitrogens with zero attached hydrogens (tertiary/aromatic N) is 1. The number of rotatable bonds is 2. The van der Waals surface area contributed by atoms with E-state index in [4.69, 9.17) is 0 Å². The minimum Gasteiger partial charge on any atom is -0.378 e. The lowest BCUT2D eigenvalue weighted by molar-refractivity contribution is 0.309.